The molecular weight excluding hydrogens is 675 g/mol. The Labute approximate surface area is 299 Å². The Morgan fingerprint density at radius 3 is 2.36 bits per heavy atom. The van der Waals surface area contributed by atoms with Gasteiger partial charge in [0.05, 0.1) is 32.6 Å². The van der Waals surface area contributed by atoms with Crippen LogP contribution >= 0.6 is 23.1 Å². The molecule has 4 aromatic rings. The summed E-state index contributed by atoms with van der Waals surface area (Å²) in [5.41, 5.74) is 2.85. The Morgan fingerprint density at radius 1 is 0.840 bits per heavy atom. The van der Waals surface area contributed by atoms with Gasteiger partial charge in [-0.05, 0) is 79.8 Å². The first-order valence-corrected chi connectivity index (χ1v) is 18.0. The van der Waals surface area contributed by atoms with Gasteiger partial charge in [0, 0.05) is 32.7 Å². The van der Waals surface area contributed by atoms with E-state index in [1.54, 1.807) is 73.8 Å². The fourth-order valence-corrected chi connectivity index (χ4v) is 7.58. The highest BCUT2D eigenvalue weighted by Gasteiger charge is 2.26. The van der Waals surface area contributed by atoms with Gasteiger partial charge in [-0.1, -0.05) is 37.1 Å². The molecule has 0 saturated heterocycles. The van der Waals surface area contributed by atoms with Crippen molar-refractivity contribution in [2.45, 2.75) is 43.4 Å². The van der Waals surface area contributed by atoms with Crippen molar-refractivity contribution in [2.75, 3.05) is 37.7 Å². The van der Waals surface area contributed by atoms with Crippen LogP contribution in [0.1, 0.15) is 62.4 Å². The molecule has 260 valence electrons. The fourth-order valence-electron chi connectivity index (χ4n) is 5.53. The number of hydrogen-bond acceptors (Lipinski definition) is 9. The second-order valence-corrected chi connectivity index (χ2v) is 13.6. The summed E-state index contributed by atoms with van der Waals surface area (Å²) in [5, 5.41) is 9.07. The van der Waals surface area contributed by atoms with Crippen LogP contribution in [0.5, 0.6) is 11.5 Å². The first-order chi connectivity index (χ1) is 24.3. The molecule has 0 bridgehead atoms. The zero-order chi connectivity index (χ0) is 35.5. The third-order valence-corrected chi connectivity index (χ3v) is 10.2. The highest BCUT2D eigenvalue weighted by atomic mass is 32.2. The van der Waals surface area contributed by atoms with E-state index in [9.17, 15) is 19.2 Å². The Hall–Kier alpha value is -5.07. The van der Waals surface area contributed by atoms with Crippen LogP contribution in [-0.4, -0.2) is 50.8 Å². The van der Waals surface area contributed by atoms with E-state index in [-0.39, 0.29) is 17.4 Å². The molecule has 0 saturated carbocycles. The third kappa shape index (κ3) is 9.33. The highest BCUT2D eigenvalue weighted by molar-refractivity contribution is 8.00. The van der Waals surface area contributed by atoms with Crippen LogP contribution in [-0.2, 0) is 27.2 Å². The lowest BCUT2D eigenvalue weighted by atomic mass is 9.96. The van der Waals surface area contributed by atoms with Crippen molar-refractivity contribution < 1.29 is 33.4 Å². The topological polar surface area (TPSA) is 132 Å². The Balaban J connectivity index is 1.30. The fraction of sp³-hybridized carbons (Fsp3) is 0.263. The summed E-state index contributed by atoms with van der Waals surface area (Å²) in [6, 6.07) is 20.8. The molecule has 0 fully saturated rings. The maximum absolute atomic E-state index is 13.7. The number of aryl methyl sites for hydroxylation is 1. The molecular formula is C38H39N3O7S2. The first kappa shape index (κ1) is 36.2. The van der Waals surface area contributed by atoms with Crippen molar-refractivity contribution in [2.24, 2.45) is 0 Å². The average Bonchev–Trinajstić information content (AvgIpc) is 3.45. The molecule has 3 N–H and O–H groups in total. The molecule has 0 unspecified atom stereocenters. The van der Waals surface area contributed by atoms with Gasteiger partial charge in [0.2, 0.25) is 5.91 Å². The summed E-state index contributed by atoms with van der Waals surface area (Å²) in [5.74, 6) is -0.605. The summed E-state index contributed by atoms with van der Waals surface area (Å²) in [4.78, 5) is 54.5. The van der Waals surface area contributed by atoms with Gasteiger partial charge in [-0.25, -0.2) is 4.79 Å². The van der Waals surface area contributed by atoms with Crippen molar-refractivity contribution in [1.29, 1.82) is 0 Å². The molecule has 1 aliphatic rings. The summed E-state index contributed by atoms with van der Waals surface area (Å²) in [7, 11) is 4.40. The van der Waals surface area contributed by atoms with Crippen LogP contribution in [0.2, 0.25) is 0 Å². The summed E-state index contributed by atoms with van der Waals surface area (Å²) in [6.07, 6.45) is 7.53. The number of ether oxygens (including phenoxy) is 3. The van der Waals surface area contributed by atoms with E-state index >= 15 is 0 Å². The number of carbonyl (C=O) groups is 4. The van der Waals surface area contributed by atoms with Crippen molar-refractivity contribution in [3.8, 4) is 11.5 Å². The molecule has 0 atom stereocenters. The van der Waals surface area contributed by atoms with E-state index in [4.69, 9.17) is 14.2 Å². The van der Waals surface area contributed by atoms with E-state index in [1.807, 2.05) is 6.07 Å². The normalized spacial score (nSPS) is 12.8. The van der Waals surface area contributed by atoms with Crippen LogP contribution in [0.3, 0.4) is 0 Å². The maximum atomic E-state index is 13.7. The van der Waals surface area contributed by atoms with Crippen molar-refractivity contribution >= 4 is 63.6 Å². The number of carbonyl (C=O) groups excluding carboxylic acids is 4. The van der Waals surface area contributed by atoms with Gasteiger partial charge >= 0.3 is 5.97 Å². The van der Waals surface area contributed by atoms with Crippen molar-refractivity contribution in [1.82, 2.24) is 5.32 Å². The van der Waals surface area contributed by atoms with Gasteiger partial charge < -0.3 is 30.2 Å². The Morgan fingerprint density at radius 2 is 1.62 bits per heavy atom. The number of anilines is 2. The minimum Gasteiger partial charge on any atom is -0.497 e. The predicted molar refractivity (Wildman–Crippen MR) is 197 cm³/mol. The Kier molecular flexibility index (Phi) is 12.7. The lowest BCUT2D eigenvalue weighted by Crippen LogP contribution is -2.30. The lowest BCUT2D eigenvalue weighted by Gasteiger charge is -2.13. The van der Waals surface area contributed by atoms with Gasteiger partial charge in [0.15, 0.2) is 0 Å². The number of hydrogen-bond donors (Lipinski definition) is 3. The number of nitrogens with one attached hydrogen (secondary N) is 3. The number of thiophene rings is 1. The van der Waals surface area contributed by atoms with Crippen molar-refractivity contribution in [3.05, 3.63) is 106 Å². The molecule has 1 aromatic heterocycles. The third-order valence-electron chi connectivity index (χ3n) is 8.04. The van der Waals surface area contributed by atoms with Gasteiger partial charge in [-0.2, -0.15) is 0 Å². The first-order valence-electron chi connectivity index (χ1n) is 16.2. The summed E-state index contributed by atoms with van der Waals surface area (Å²) in [6.45, 7) is 0. The molecule has 1 heterocycles. The molecule has 1 aliphatic carbocycles. The SMILES string of the molecule is COC(=O)c1c(NC(=O)CSc2cccc(NC(=O)/C(=C\c3ccc(OC)cc3OC)NC(=O)c3ccccc3)c2)sc2c1CCCCCC2. The predicted octanol–water partition coefficient (Wildman–Crippen LogP) is 7.35. The standard InChI is InChI=1S/C38H39N3O7S2/c1-46-27-19-18-25(31(22-27)47-2)20-30(40-35(43)24-12-7-6-8-13-24)36(44)39-26-14-11-15-28(21-26)49-23-33(42)41-37-34(38(45)48-3)29-16-9-4-5-10-17-32(29)50-37/h6-8,11-15,18-22H,4-5,9-10,16-17,23H2,1-3H3,(H,39,44)(H,40,43)(H,41,42)/b30-20+. The summed E-state index contributed by atoms with van der Waals surface area (Å²) < 4.78 is 15.9. The molecule has 3 aromatic carbocycles. The molecule has 0 radical (unpaired) electrons. The molecule has 10 nitrogen and oxygen atoms in total. The van der Waals surface area contributed by atoms with Crippen LogP contribution in [0.15, 0.2) is 83.4 Å². The number of amides is 3. The van der Waals surface area contributed by atoms with E-state index in [1.165, 1.54) is 43.4 Å². The number of benzene rings is 3. The van der Waals surface area contributed by atoms with Crippen LogP contribution in [0.25, 0.3) is 6.08 Å². The Bertz CT molecular complexity index is 1890. The largest absolute Gasteiger partial charge is 0.497 e. The smallest absolute Gasteiger partial charge is 0.341 e. The van der Waals surface area contributed by atoms with E-state index in [0.717, 1.165) is 53.9 Å². The van der Waals surface area contributed by atoms with Crippen LogP contribution < -0.4 is 25.4 Å². The molecule has 50 heavy (non-hydrogen) atoms. The number of thioether (sulfide) groups is 1. The van der Waals surface area contributed by atoms with E-state index < -0.39 is 17.8 Å². The van der Waals surface area contributed by atoms with Gasteiger partial charge in [-0.15, -0.1) is 23.1 Å². The number of rotatable bonds is 12. The molecule has 0 aliphatic heterocycles. The van der Waals surface area contributed by atoms with Crippen LogP contribution in [0.4, 0.5) is 10.7 Å². The molecule has 3 amide bonds. The average molecular weight is 714 g/mol. The maximum Gasteiger partial charge on any atom is 0.341 e. The number of esters is 1. The number of fused-ring (bicyclic) bond motifs is 1. The lowest BCUT2D eigenvalue weighted by molar-refractivity contribution is -0.114. The molecule has 12 heteroatoms. The highest BCUT2D eigenvalue weighted by Crippen LogP contribution is 2.38. The van der Waals surface area contributed by atoms with Crippen molar-refractivity contribution in [3.63, 3.8) is 0 Å². The zero-order valence-electron chi connectivity index (χ0n) is 28.1. The minimum absolute atomic E-state index is 0.00813. The zero-order valence-corrected chi connectivity index (χ0v) is 29.8. The van der Waals surface area contributed by atoms with Gasteiger partial charge in [0.25, 0.3) is 11.8 Å². The quantitative estimate of drug-likeness (QED) is 0.0789. The summed E-state index contributed by atoms with van der Waals surface area (Å²) >= 11 is 2.75. The van der Waals surface area contributed by atoms with Gasteiger partial charge in [0.1, 0.15) is 22.2 Å². The second kappa shape index (κ2) is 17.5. The molecule has 5 rings (SSSR count). The van der Waals surface area contributed by atoms with Crippen LogP contribution in [0, 0.1) is 0 Å². The molecule has 0 spiro atoms. The van der Waals surface area contributed by atoms with Gasteiger partial charge in [-0.3, -0.25) is 14.4 Å². The number of methoxy groups -OCH3 is 3. The monoisotopic (exact) mass is 713 g/mol. The second-order valence-electron chi connectivity index (χ2n) is 11.4. The van der Waals surface area contributed by atoms with E-state index in [0.29, 0.717) is 38.9 Å². The van der Waals surface area contributed by atoms with E-state index in [2.05, 4.69) is 16.0 Å². The minimum atomic E-state index is -0.560.